The highest BCUT2D eigenvalue weighted by Gasteiger charge is 2.11. The summed E-state index contributed by atoms with van der Waals surface area (Å²) in [4.78, 5) is 20.5. The number of hydrogen-bond acceptors (Lipinski definition) is 3. The maximum atomic E-state index is 10.3. The zero-order chi connectivity index (χ0) is 9.14. The van der Waals surface area contributed by atoms with E-state index in [2.05, 4.69) is 6.58 Å². The first kappa shape index (κ1) is 8.26. The second-order valence-corrected chi connectivity index (χ2v) is 2.10. The van der Waals surface area contributed by atoms with Crippen molar-refractivity contribution < 1.29 is 19.1 Å². The SMILES string of the molecule is C=C(C(=O)O)c1ccc(C=O)o1. The van der Waals surface area contributed by atoms with E-state index in [1.807, 2.05) is 0 Å². The van der Waals surface area contributed by atoms with Crippen molar-refractivity contribution in [2.24, 2.45) is 0 Å². The lowest BCUT2D eigenvalue weighted by Gasteiger charge is -1.92. The fourth-order valence-electron chi connectivity index (χ4n) is 0.684. The highest BCUT2D eigenvalue weighted by atomic mass is 16.4. The van der Waals surface area contributed by atoms with Crippen molar-refractivity contribution in [3.63, 3.8) is 0 Å². The highest BCUT2D eigenvalue weighted by molar-refractivity contribution is 6.13. The van der Waals surface area contributed by atoms with Crippen LogP contribution < -0.4 is 0 Å². The van der Waals surface area contributed by atoms with E-state index in [-0.39, 0.29) is 17.1 Å². The molecule has 0 saturated carbocycles. The number of carboxylic acid groups (broad SMARTS) is 1. The third-order valence-corrected chi connectivity index (χ3v) is 1.30. The standard InChI is InChI=1S/C8H6O4/c1-5(8(10)11)7-3-2-6(4-9)12-7/h2-4H,1H2,(H,10,11). The number of aliphatic carboxylic acids is 1. The lowest BCUT2D eigenvalue weighted by molar-refractivity contribution is -0.130. The van der Waals surface area contributed by atoms with Crippen LogP contribution >= 0.6 is 0 Å². The number of rotatable bonds is 3. The molecule has 0 amide bonds. The average Bonchev–Trinajstić information content (AvgIpc) is 2.50. The maximum Gasteiger partial charge on any atom is 0.338 e. The Morgan fingerprint density at radius 3 is 2.67 bits per heavy atom. The number of aldehydes is 1. The molecule has 0 fully saturated rings. The molecule has 0 aliphatic rings. The molecular weight excluding hydrogens is 160 g/mol. The second kappa shape index (κ2) is 3.04. The average molecular weight is 166 g/mol. The molecular formula is C8H6O4. The molecule has 0 atom stereocenters. The van der Waals surface area contributed by atoms with E-state index in [1.165, 1.54) is 12.1 Å². The van der Waals surface area contributed by atoms with Gasteiger partial charge in [-0.15, -0.1) is 0 Å². The third kappa shape index (κ3) is 1.42. The monoisotopic (exact) mass is 166 g/mol. The van der Waals surface area contributed by atoms with E-state index in [0.29, 0.717) is 6.29 Å². The summed E-state index contributed by atoms with van der Waals surface area (Å²) in [6.07, 6.45) is 0.499. The number of hydrogen-bond donors (Lipinski definition) is 1. The molecule has 0 unspecified atom stereocenters. The molecule has 0 bridgehead atoms. The Hall–Kier alpha value is -1.84. The first-order valence-corrected chi connectivity index (χ1v) is 3.12. The molecule has 0 radical (unpaired) electrons. The molecule has 1 aromatic heterocycles. The van der Waals surface area contributed by atoms with Gasteiger partial charge in [-0.3, -0.25) is 4.79 Å². The fraction of sp³-hybridized carbons (Fsp3) is 0. The predicted octanol–water partition coefficient (Wildman–Crippen LogP) is 1.19. The topological polar surface area (TPSA) is 67.5 Å². The molecule has 0 saturated heterocycles. The van der Waals surface area contributed by atoms with E-state index >= 15 is 0 Å². The zero-order valence-electron chi connectivity index (χ0n) is 6.11. The van der Waals surface area contributed by atoms with Gasteiger partial charge in [0.05, 0.1) is 5.57 Å². The molecule has 1 N–H and O–H groups in total. The molecule has 0 aliphatic carbocycles. The molecule has 62 valence electrons. The fourth-order valence-corrected chi connectivity index (χ4v) is 0.684. The number of carbonyl (C=O) groups excluding carboxylic acids is 1. The molecule has 4 nitrogen and oxygen atoms in total. The first-order chi connectivity index (χ1) is 5.65. The van der Waals surface area contributed by atoms with Crippen LogP contribution in [0.4, 0.5) is 0 Å². The number of carbonyl (C=O) groups is 2. The molecule has 0 aliphatic heterocycles. The van der Waals surface area contributed by atoms with Gasteiger partial charge in [-0.2, -0.15) is 0 Å². The summed E-state index contributed by atoms with van der Waals surface area (Å²) in [5.74, 6) is -0.973. The van der Waals surface area contributed by atoms with Gasteiger partial charge < -0.3 is 9.52 Å². The molecule has 1 aromatic rings. The smallest absolute Gasteiger partial charge is 0.338 e. The van der Waals surface area contributed by atoms with Crippen LogP contribution in [0, 0.1) is 0 Å². The minimum absolute atomic E-state index is 0.0902. The van der Waals surface area contributed by atoms with Gasteiger partial charge >= 0.3 is 5.97 Å². The van der Waals surface area contributed by atoms with E-state index in [4.69, 9.17) is 9.52 Å². The van der Waals surface area contributed by atoms with Crippen LogP contribution in [-0.2, 0) is 4.79 Å². The van der Waals surface area contributed by atoms with Gasteiger partial charge in [0, 0.05) is 0 Å². The second-order valence-electron chi connectivity index (χ2n) is 2.10. The number of furan rings is 1. The molecule has 1 heterocycles. The molecule has 0 aromatic carbocycles. The molecule has 1 rings (SSSR count). The van der Waals surface area contributed by atoms with E-state index in [1.54, 1.807) is 0 Å². The highest BCUT2D eigenvalue weighted by Crippen LogP contribution is 2.14. The van der Waals surface area contributed by atoms with Crippen LogP contribution in [0.1, 0.15) is 16.3 Å². The summed E-state index contributed by atoms with van der Waals surface area (Å²) in [6.45, 7) is 3.26. The number of carboxylic acids is 1. The minimum atomic E-state index is -1.17. The van der Waals surface area contributed by atoms with Crippen LogP contribution in [0.2, 0.25) is 0 Å². The van der Waals surface area contributed by atoms with Crippen molar-refractivity contribution in [2.45, 2.75) is 0 Å². The Balaban J connectivity index is 2.96. The Labute approximate surface area is 68.1 Å². The minimum Gasteiger partial charge on any atom is -0.478 e. The zero-order valence-corrected chi connectivity index (χ0v) is 6.11. The van der Waals surface area contributed by atoms with Crippen LogP contribution in [0.5, 0.6) is 0 Å². The molecule has 0 spiro atoms. The summed E-state index contributed by atoms with van der Waals surface area (Å²) >= 11 is 0. The Morgan fingerprint density at radius 1 is 1.58 bits per heavy atom. The van der Waals surface area contributed by atoms with Crippen LogP contribution in [0.3, 0.4) is 0 Å². The normalized spacial score (nSPS) is 9.33. The largest absolute Gasteiger partial charge is 0.478 e. The van der Waals surface area contributed by atoms with E-state index < -0.39 is 5.97 Å². The van der Waals surface area contributed by atoms with Gasteiger partial charge in [0.1, 0.15) is 5.76 Å². The summed E-state index contributed by atoms with van der Waals surface area (Å²) in [6, 6.07) is 2.77. The van der Waals surface area contributed by atoms with Gasteiger partial charge in [0.2, 0.25) is 0 Å². The van der Waals surface area contributed by atoms with Gasteiger partial charge in [0.15, 0.2) is 12.0 Å². The third-order valence-electron chi connectivity index (χ3n) is 1.30. The van der Waals surface area contributed by atoms with Crippen molar-refractivity contribution in [1.82, 2.24) is 0 Å². The van der Waals surface area contributed by atoms with Gasteiger partial charge in [-0.05, 0) is 12.1 Å². The molecule has 4 heteroatoms. The van der Waals surface area contributed by atoms with Crippen LogP contribution in [-0.4, -0.2) is 17.4 Å². The Bertz CT molecular complexity index is 335. The van der Waals surface area contributed by atoms with Crippen LogP contribution in [0.15, 0.2) is 23.1 Å². The van der Waals surface area contributed by atoms with E-state index in [9.17, 15) is 9.59 Å². The summed E-state index contributed by atoms with van der Waals surface area (Å²) in [7, 11) is 0. The quantitative estimate of drug-likeness (QED) is 0.541. The lowest BCUT2D eigenvalue weighted by Crippen LogP contribution is -1.95. The summed E-state index contributed by atoms with van der Waals surface area (Å²) in [5, 5.41) is 8.47. The summed E-state index contributed by atoms with van der Waals surface area (Å²) in [5.41, 5.74) is -0.164. The van der Waals surface area contributed by atoms with Gasteiger partial charge in [-0.25, -0.2) is 4.79 Å². The molecule has 12 heavy (non-hydrogen) atoms. The van der Waals surface area contributed by atoms with Crippen molar-refractivity contribution in [1.29, 1.82) is 0 Å². The first-order valence-electron chi connectivity index (χ1n) is 3.12. The van der Waals surface area contributed by atoms with Crippen molar-refractivity contribution >= 4 is 17.8 Å². The van der Waals surface area contributed by atoms with Gasteiger partial charge in [0.25, 0.3) is 0 Å². The summed E-state index contributed by atoms with van der Waals surface area (Å²) < 4.78 is 4.81. The lowest BCUT2D eigenvalue weighted by atomic mass is 10.2. The van der Waals surface area contributed by atoms with Crippen molar-refractivity contribution in [3.8, 4) is 0 Å². The Morgan fingerprint density at radius 2 is 2.25 bits per heavy atom. The van der Waals surface area contributed by atoms with Gasteiger partial charge in [-0.1, -0.05) is 6.58 Å². The van der Waals surface area contributed by atoms with Crippen molar-refractivity contribution in [3.05, 3.63) is 30.2 Å². The Kier molecular flexibility index (Phi) is 2.09. The van der Waals surface area contributed by atoms with Crippen molar-refractivity contribution in [2.75, 3.05) is 0 Å². The van der Waals surface area contributed by atoms with E-state index in [0.717, 1.165) is 0 Å². The maximum absolute atomic E-state index is 10.3. The van der Waals surface area contributed by atoms with Crippen LogP contribution in [0.25, 0.3) is 5.57 Å². The predicted molar refractivity (Wildman–Crippen MR) is 40.8 cm³/mol.